The highest BCUT2D eigenvalue weighted by Gasteiger charge is 2.09. The van der Waals surface area contributed by atoms with Gasteiger partial charge in [-0.3, -0.25) is 0 Å². The van der Waals surface area contributed by atoms with E-state index in [0.29, 0.717) is 5.92 Å². The van der Waals surface area contributed by atoms with Crippen molar-refractivity contribution in [3.05, 3.63) is 35.9 Å². The molecule has 1 nitrogen and oxygen atoms in total. The highest BCUT2D eigenvalue weighted by atomic mass is 14.5. The zero-order chi connectivity index (χ0) is 15.9. The molecule has 0 spiro atoms. The SMILES string of the molecule is CCCCCCCCCCCCC(CCN)c1ccccc1. The molecule has 0 saturated carbocycles. The Bertz CT molecular complexity index is 333. The number of unbranched alkanes of at least 4 members (excludes halogenated alkanes) is 9. The standard InChI is InChI=1S/C21H37N/c1-2-3-4-5-6-7-8-9-10-12-17-21(18-19-22)20-15-13-11-14-16-20/h11,13-16,21H,2-10,12,17-19,22H2,1H3. The van der Waals surface area contributed by atoms with Crippen LogP contribution < -0.4 is 5.73 Å². The van der Waals surface area contributed by atoms with Crippen molar-refractivity contribution in [2.75, 3.05) is 6.54 Å². The molecule has 0 aromatic heterocycles. The summed E-state index contributed by atoms with van der Waals surface area (Å²) >= 11 is 0. The second kappa shape index (κ2) is 13.8. The number of benzene rings is 1. The van der Waals surface area contributed by atoms with Crippen LogP contribution in [0.5, 0.6) is 0 Å². The van der Waals surface area contributed by atoms with Gasteiger partial charge in [0, 0.05) is 0 Å². The minimum Gasteiger partial charge on any atom is -0.330 e. The number of nitrogens with two attached hydrogens (primary N) is 1. The molecule has 0 saturated heterocycles. The van der Waals surface area contributed by atoms with Crippen LogP contribution in [0.1, 0.15) is 95.5 Å². The summed E-state index contributed by atoms with van der Waals surface area (Å²) in [5.41, 5.74) is 7.26. The lowest BCUT2D eigenvalue weighted by atomic mass is 9.90. The molecule has 0 fully saturated rings. The predicted molar refractivity (Wildman–Crippen MR) is 99.3 cm³/mol. The topological polar surface area (TPSA) is 26.0 Å². The first-order valence-electron chi connectivity index (χ1n) is 9.63. The van der Waals surface area contributed by atoms with Crippen LogP contribution in [0.15, 0.2) is 30.3 Å². The zero-order valence-electron chi connectivity index (χ0n) is 14.7. The third-order valence-corrected chi connectivity index (χ3v) is 4.69. The van der Waals surface area contributed by atoms with Crippen molar-refractivity contribution in [3.8, 4) is 0 Å². The van der Waals surface area contributed by atoms with E-state index in [2.05, 4.69) is 37.3 Å². The van der Waals surface area contributed by atoms with Crippen molar-refractivity contribution >= 4 is 0 Å². The first-order chi connectivity index (χ1) is 10.9. The van der Waals surface area contributed by atoms with Gasteiger partial charge in [-0.1, -0.05) is 101 Å². The van der Waals surface area contributed by atoms with Crippen molar-refractivity contribution in [2.45, 2.75) is 89.9 Å². The van der Waals surface area contributed by atoms with E-state index in [4.69, 9.17) is 5.73 Å². The quantitative estimate of drug-likeness (QED) is 0.394. The first kappa shape index (κ1) is 19.2. The third-order valence-electron chi connectivity index (χ3n) is 4.69. The second-order valence-electron chi connectivity index (χ2n) is 6.66. The maximum absolute atomic E-state index is 5.79. The number of hydrogen-bond acceptors (Lipinski definition) is 1. The summed E-state index contributed by atoms with van der Waals surface area (Å²) in [6, 6.07) is 10.9. The first-order valence-corrected chi connectivity index (χ1v) is 9.63. The van der Waals surface area contributed by atoms with Gasteiger partial charge in [-0.2, -0.15) is 0 Å². The molecular weight excluding hydrogens is 266 g/mol. The summed E-state index contributed by atoms with van der Waals surface area (Å²) in [6.07, 6.45) is 16.6. The molecule has 1 aromatic carbocycles. The van der Waals surface area contributed by atoms with E-state index >= 15 is 0 Å². The average molecular weight is 304 g/mol. The van der Waals surface area contributed by atoms with Gasteiger partial charge in [0.1, 0.15) is 0 Å². The monoisotopic (exact) mass is 303 g/mol. The molecule has 1 rings (SSSR count). The van der Waals surface area contributed by atoms with E-state index in [-0.39, 0.29) is 0 Å². The fourth-order valence-electron chi connectivity index (χ4n) is 3.28. The molecular formula is C21H37N. The molecule has 0 aliphatic carbocycles. The van der Waals surface area contributed by atoms with E-state index in [1.807, 2.05) is 0 Å². The average Bonchev–Trinajstić information content (AvgIpc) is 2.56. The summed E-state index contributed by atoms with van der Waals surface area (Å²) in [5, 5.41) is 0. The minimum absolute atomic E-state index is 0.667. The van der Waals surface area contributed by atoms with Gasteiger partial charge in [-0.15, -0.1) is 0 Å². The Morgan fingerprint density at radius 3 is 1.82 bits per heavy atom. The normalized spacial score (nSPS) is 12.5. The van der Waals surface area contributed by atoms with E-state index < -0.39 is 0 Å². The van der Waals surface area contributed by atoms with Crippen molar-refractivity contribution in [1.82, 2.24) is 0 Å². The van der Waals surface area contributed by atoms with Gasteiger partial charge in [0.05, 0.1) is 0 Å². The molecule has 1 unspecified atom stereocenters. The maximum atomic E-state index is 5.79. The molecule has 0 aliphatic rings. The maximum Gasteiger partial charge on any atom is -0.00714 e. The van der Waals surface area contributed by atoms with Gasteiger partial charge < -0.3 is 5.73 Å². The van der Waals surface area contributed by atoms with Crippen molar-refractivity contribution in [1.29, 1.82) is 0 Å². The van der Waals surface area contributed by atoms with Gasteiger partial charge in [0.15, 0.2) is 0 Å². The molecule has 22 heavy (non-hydrogen) atoms. The Labute approximate surface area is 138 Å². The number of hydrogen-bond donors (Lipinski definition) is 1. The summed E-state index contributed by atoms with van der Waals surface area (Å²) in [5.74, 6) is 0.667. The van der Waals surface area contributed by atoms with Gasteiger partial charge in [0.2, 0.25) is 0 Å². The Hall–Kier alpha value is -0.820. The van der Waals surface area contributed by atoms with Gasteiger partial charge in [0.25, 0.3) is 0 Å². The summed E-state index contributed by atoms with van der Waals surface area (Å²) in [7, 11) is 0. The van der Waals surface area contributed by atoms with Crippen molar-refractivity contribution in [2.24, 2.45) is 5.73 Å². The largest absolute Gasteiger partial charge is 0.330 e. The summed E-state index contributed by atoms with van der Waals surface area (Å²) in [4.78, 5) is 0. The second-order valence-corrected chi connectivity index (χ2v) is 6.66. The minimum atomic E-state index is 0.667. The Kier molecular flexibility index (Phi) is 12.1. The van der Waals surface area contributed by atoms with Crippen LogP contribution in [-0.2, 0) is 0 Å². The zero-order valence-corrected chi connectivity index (χ0v) is 14.7. The van der Waals surface area contributed by atoms with Gasteiger partial charge >= 0.3 is 0 Å². The molecule has 0 amide bonds. The Morgan fingerprint density at radius 2 is 1.27 bits per heavy atom. The molecule has 0 bridgehead atoms. The molecule has 0 heterocycles. The highest BCUT2D eigenvalue weighted by molar-refractivity contribution is 5.19. The van der Waals surface area contributed by atoms with E-state index in [1.165, 1.54) is 76.2 Å². The van der Waals surface area contributed by atoms with E-state index in [9.17, 15) is 0 Å². The summed E-state index contributed by atoms with van der Waals surface area (Å²) < 4.78 is 0. The Balaban J connectivity index is 2.04. The van der Waals surface area contributed by atoms with Crippen LogP contribution in [-0.4, -0.2) is 6.54 Å². The summed E-state index contributed by atoms with van der Waals surface area (Å²) in [6.45, 7) is 3.09. The molecule has 0 aliphatic heterocycles. The van der Waals surface area contributed by atoms with E-state index in [0.717, 1.165) is 13.0 Å². The van der Waals surface area contributed by atoms with Crippen molar-refractivity contribution in [3.63, 3.8) is 0 Å². The fourth-order valence-corrected chi connectivity index (χ4v) is 3.28. The fraction of sp³-hybridized carbons (Fsp3) is 0.714. The van der Waals surface area contributed by atoms with Crippen LogP contribution in [0.25, 0.3) is 0 Å². The molecule has 1 aromatic rings. The third kappa shape index (κ3) is 9.25. The lowest BCUT2D eigenvalue weighted by Gasteiger charge is -2.16. The number of rotatable bonds is 14. The highest BCUT2D eigenvalue weighted by Crippen LogP contribution is 2.25. The molecule has 1 atom stereocenters. The van der Waals surface area contributed by atoms with Gasteiger partial charge in [-0.25, -0.2) is 0 Å². The molecule has 2 N–H and O–H groups in total. The van der Waals surface area contributed by atoms with E-state index in [1.54, 1.807) is 0 Å². The smallest absolute Gasteiger partial charge is 0.00714 e. The lowest BCUT2D eigenvalue weighted by molar-refractivity contribution is 0.511. The predicted octanol–water partition coefficient (Wildman–Crippen LogP) is 6.43. The molecule has 0 radical (unpaired) electrons. The van der Waals surface area contributed by atoms with Gasteiger partial charge in [-0.05, 0) is 30.9 Å². The lowest BCUT2D eigenvalue weighted by Crippen LogP contribution is -2.07. The Morgan fingerprint density at radius 1 is 0.727 bits per heavy atom. The van der Waals surface area contributed by atoms with Crippen LogP contribution in [0.4, 0.5) is 0 Å². The van der Waals surface area contributed by atoms with Crippen LogP contribution >= 0.6 is 0 Å². The molecule has 1 heteroatoms. The van der Waals surface area contributed by atoms with Crippen LogP contribution in [0.2, 0.25) is 0 Å². The molecule has 126 valence electrons. The van der Waals surface area contributed by atoms with Crippen molar-refractivity contribution < 1.29 is 0 Å². The van der Waals surface area contributed by atoms with Crippen LogP contribution in [0.3, 0.4) is 0 Å². The van der Waals surface area contributed by atoms with Crippen LogP contribution in [0, 0.1) is 0 Å².